The molecular weight excluding hydrogens is 470 g/mol. The minimum Gasteiger partial charge on any atom is -0.454 e. The van der Waals surface area contributed by atoms with Crippen LogP contribution in [0.15, 0.2) is 51.8 Å². The number of hydrogen-bond donors (Lipinski definition) is 0. The van der Waals surface area contributed by atoms with Crippen LogP contribution in [0, 0.1) is 0 Å². The van der Waals surface area contributed by atoms with Gasteiger partial charge in [-0.05, 0) is 30.3 Å². The molecule has 0 amide bonds. The molecular formula is C19H19BrClNO5S. The Kier molecular flexibility index (Phi) is 7.77. The van der Waals surface area contributed by atoms with Crippen molar-refractivity contribution < 1.29 is 22.7 Å². The maximum Gasteiger partial charge on any atom is 0.340 e. The second-order valence-corrected chi connectivity index (χ2v) is 9.00. The number of carbonyl (C=O) groups is 2. The highest BCUT2D eigenvalue weighted by atomic mass is 79.9. The topological polar surface area (TPSA) is 80.8 Å². The molecule has 0 aliphatic carbocycles. The molecule has 2 rings (SSSR count). The monoisotopic (exact) mass is 487 g/mol. The van der Waals surface area contributed by atoms with Gasteiger partial charge < -0.3 is 4.74 Å². The van der Waals surface area contributed by atoms with Crippen LogP contribution in [-0.2, 0) is 14.8 Å². The third-order valence-corrected chi connectivity index (χ3v) is 6.91. The van der Waals surface area contributed by atoms with Crippen molar-refractivity contribution in [3.63, 3.8) is 0 Å². The predicted octanol–water partition coefficient (Wildman–Crippen LogP) is 4.17. The van der Waals surface area contributed by atoms with Crippen molar-refractivity contribution in [3.05, 3.63) is 63.1 Å². The van der Waals surface area contributed by atoms with Gasteiger partial charge in [0.25, 0.3) is 0 Å². The van der Waals surface area contributed by atoms with Crippen LogP contribution < -0.4 is 0 Å². The maximum absolute atomic E-state index is 12.6. The number of sulfonamides is 1. The molecule has 2 aromatic carbocycles. The first-order chi connectivity index (χ1) is 13.2. The Labute approximate surface area is 177 Å². The van der Waals surface area contributed by atoms with Gasteiger partial charge in [0.05, 0.1) is 15.5 Å². The Balaban J connectivity index is 2.19. The number of carbonyl (C=O) groups excluding carboxylic acids is 2. The van der Waals surface area contributed by atoms with Crippen molar-refractivity contribution in [2.24, 2.45) is 0 Å². The van der Waals surface area contributed by atoms with Crippen molar-refractivity contribution in [2.45, 2.75) is 18.7 Å². The van der Waals surface area contributed by atoms with Crippen molar-refractivity contribution in [1.82, 2.24) is 4.31 Å². The highest BCUT2D eigenvalue weighted by molar-refractivity contribution is 9.10. The zero-order valence-corrected chi connectivity index (χ0v) is 18.5. The number of esters is 1. The van der Waals surface area contributed by atoms with Gasteiger partial charge in [-0.25, -0.2) is 13.2 Å². The van der Waals surface area contributed by atoms with Crippen molar-refractivity contribution in [2.75, 3.05) is 19.7 Å². The molecule has 2 aromatic rings. The van der Waals surface area contributed by atoms with E-state index in [9.17, 15) is 18.0 Å². The van der Waals surface area contributed by atoms with E-state index in [0.717, 1.165) is 4.47 Å². The number of hydrogen-bond acceptors (Lipinski definition) is 5. The number of ether oxygens (including phenoxy) is 1. The lowest BCUT2D eigenvalue weighted by Gasteiger charge is -2.19. The smallest absolute Gasteiger partial charge is 0.340 e. The van der Waals surface area contributed by atoms with Gasteiger partial charge in [-0.1, -0.05) is 53.5 Å². The van der Waals surface area contributed by atoms with E-state index in [1.165, 1.54) is 22.5 Å². The number of rotatable bonds is 8. The van der Waals surface area contributed by atoms with Crippen molar-refractivity contribution in [3.8, 4) is 0 Å². The van der Waals surface area contributed by atoms with Gasteiger partial charge in [-0.2, -0.15) is 4.31 Å². The van der Waals surface area contributed by atoms with E-state index in [1.54, 1.807) is 38.1 Å². The average Bonchev–Trinajstić information content (AvgIpc) is 2.67. The summed E-state index contributed by atoms with van der Waals surface area (Å²) in [5.41, 5.74) is 0.276. The molecule has 0 aromatic heterocycles. The fourth-order valence-electron chi connectivity index (χ4n) is 2.46. The summed E-state index contributed by atoms with van der Waals surface area (Å²) in [6.45, 7) is 3.55. The molecule has 0 N–H and O–H groups in total. The molecule has 9 heteroatoms. The minimum atomic E-state index is -3.76. The zero-order chi connectivity index (χ0) is 20.9. The van der Waals surface area contributed by atoms with Crippen molar-refractivity contribution in [1.29, 1.82) is 0 Å². The second kappa shape index (κ2) is 9.65. The molecule has 150 valence electrons. The van der Waals surface area contributed by atoms with Gasteiger partial charge >= 0.3 is 5.97 Å². The van der Waals surface area contributed by atoms with Crippen LogP contribution in [0.5, 0.6) is 0 Å². The molecule has 6 nitrogen and oxygen atoms in total. The average molecular weight is 489 g/mol. The molecule has 0 saturated heterocycles. The van der Waals surface area contributed by atoms with Gasteiger partial charge in [0, 0.05) is 23.1 Å². The van der Waals surface area contributed by atoms with Crippen LogP contribution in [0.2, 0.25) is 5.02 Å². The van der Waals surface area contributed by atoms with Gasteiger partial charge in [-0.15, -0.1) is 0 Å². The normalized spacial score (nSPS) is 11.5. The van der Waals surface area contributed by atoms with Crippen LogP contribution >= 0.6 is 27.5 Å². The summed E-state index contributed by atoms with van der Waals surface area (Å²) in [5, 5.41) is 0.0413. The van der Waals surface area contributed by atoms with Gasteiger partial charge in [0.2, 0.25) is 10.0 Å². The van der Waals surface area contributed by atoms with Crippen LogP contribution in [-0.4, -0.2) is 44.2 Å². The minimum absolute atomic E-state index is 0.0413. The number of halogens is 2. The second-order valence-electron chi connectivity index (χ2n) is 5.74. The predicted molar refractivity (Wildman–Crippen MR) is 110 cm³/mol. The number of nitrogens with zero attached hydrogens (tertiary/aromatic N) is 1. The first-order valence-electron chi connectivity index (χ1n) is 8.46. The Morgan fingerprint density at radius 1 is 1.07 bits per heavy atom. The molecule has 0 heterocycles. The van der Waals surface area contributed by atoms with Crippen LogP contribution in [0.3, 0.4) is 0 Å². The Hall–Kier alpha value is -1.74. The number of ketones is 1. The molecule has 0 aliphatic rings. The molecule has 0 radical (unpaired) electrons. The van der Waals surface area contributed by atoms with Gasteiger partial charge in [0.1, 0.15) is 0 Å². The summed E-state index contributed by atoms with van der Waals surface area (Å²) in [6, 6.07) is 10.4. The van der Waals surface area contributed by atoms with E-state index < -0.39 is 22.6 Å². The molecule has 0 atom stereocenters. The maximum atomic E-state index is 12.6. The summed E-state index contributed by atoms with van der Waals surface area (Å²) < 4.78 is 32.4. The molecule has 0 fully saturated rings. The van der Waals surface area contributed by atoms with Gasteiger partial charge in [0.15, 0.2) is 12.4 Å². The summed E-state index contributed by atoms with van der Waals surface area (Å²) in [7, 11) is -3.76. The zero-order valence-electron chi connectivity index (χ0n) is 15.3. The SMILES string of the molecule is CCN(CC)S(=O)(=O)c1ccc(Cl)c(C(=O)OCC(=O)c2ccc(Br)cc2)c1. The molecule has 0 bridgehead atoms. The molecule has 0 saturated carbocycles. The summed E-state index contributed by atoms with van der Waals surface area (Å²) in [5.74, 6) is -1.25. The molecule has 0 aliphatic heterocycles. The Morgan fingerprint density at radius 2 is 1.68 bits per heavy atom. The summed E-state index contributed by atoms with van der Waals surface area (Å²) in [6.07, 6.45) is 0. The quantitative estimate of drug-likeness (QED) is 0.411. The largest absolute Gasteiger partial charge is 0.454 e. The first kappa shape index (κ1) is 22.5. The van der Waals surface area contributed by atoms with E-state index in [1.807, 2.05) is 0 Å². The highest BCUT2D eigenvalue weighted by Crippen LogP contribution is 2.24. The van der Waals surface area contributed by atoms with E-state index in [0.29, 0.717) is 18.7 Å². The van der Waals surface area contributed by atoms with Crippen LogP contribution in [0.25, 0.3) is 0 Å². The number of Topliss-reactive ketones (excluding diaryl/α,β-unsaturated/α-hetero) is 1. The fraction of sp³-hybridized carbons (Fsp3) is 0.263. The molecule has 0 spiro atoms. The summed E-state index contributed by atoms with van der Waals surface area (Å²) in [4.78, 5) is 24.4. The van der Waals surface area contributed by atoms with E-state index in [4.69, 9.17) is 16.3 Å². The van der Waals surface area contributed by atoms with Crippen LogP contribution in [0.1, 0.15) is 34.6 Å². The summed E-state index contributed by atoms with van der Waals surface area (Å²) >= 11 is 9.31. The van der Waals surface area contributed by atoms with Crippen molar-refractivity contribution >= 4 is 49.3 Å². The lowest BCUT2D eigenvalue weighted by molar-refractivity contribution is 0.0474. The van der Waals surface area contributed by atoms with Crippen LogP contribution in [0.4, 0.5) is 0 Å². The lowest BCUT2D eigenvalue weighted by Crippen LogP contribution is -2.30. The molecule has 28 heavy (non-hydrogen) atoms. The van der Waals surface area contributed by atoms with E-state index >= 15 is 0 Å². The Bertz CT molecular complexity index is 972. The third kappa shape index (κ3) is 5.20. The molecule has 0 unspecified atom stereocenters. The third-order valence-electron chi connectivity index (χ3n) is 4.00. The van der Waals surface area contributed by atoms with E-state index in [-0.39, 0.29) is 21.3 Å². The lowest BCUT2D eigenvalue weighted by atomic mass is 10.1. The van der Waals surface area contributed by atoms with E-state index in [2.05, 4.69) is 15.9 Å². The highest BCUT2D eigenvalue weighted by Gasteiger charge is 2.24. The standard InChI is InChI=1S/C19H19BrClNO5S/c1-3-22(4-2)28(25,26)15-9-10-17(21)16(11-15)19(24)27-12-18(23)13-5-7-14(20)8-6-13/h5-11H,3-4,12H2,1-2H3. The van der Waals surface area contributed by atoms with Gasteiger partial charge in [-0.3, -0.25) is 4.79 Å². The number of benzene rings is 2. The fourth-order valence-corrected chi connectivity index (χ4v) is 4.41. The first-order valence-corrected chi connectivity index (χ1v) is 11.1. The Morgan fingerprint density at radius 3 is 2.25 bits per heavy atom.